The van der Waals surface area contributed by atoms with Crippen molar-refractivity contribution in [3.05, 3.63) is 29.8 Å². The average Bonchev–Trinajstić information content (AvgIpc) is 2.60. The number of aliphatic carboxylic acids is 2. The van der Waals surface area contributed by atoms with Crippen LogP contribution in [0.4, 0.5) is 10.5 Å². The smallest absolute Gasteiger partial charge is 0.411 e. The van der Waals surface area contributed by atoms with Crippen LogP contribution >= 0.6 is 0 Å². The third-order valence-corrected chi connectivity index (χ3v) is 3.79. The van der Waals surface area contributed by atoms with Crippen molar-refractivity contribution in [2.24, 2.45) is 0 Å². The first-order valence-corrected chi connectivity index (χ1v) is 8.02. The molecule has 0 radical (unpaired) electrons. The molecule has 0 saturated carbocycles. The minimum absolute atomic E-state index is 0.266. The average molecular weight is 386 g/mol. The molecule has 27 heavy (non-hydrogen) atoms. The second-order valence-corrected chi connectivity index (χ2v) is 5.83. The van der Waals surface area contributed by atoms with Crippen molar-refractivity contribution in [2.75, 3.05) is 25.5 Å². The lowest BCUT2D eigenvalue weighted by Gasteiger charge is -2.23. The molecule has 1 aromatic carbocycles. The maximum absolute atomic E-state index is 11.1. The Bertz CT molecular complexity index is 632. The Labute approximate surface area is 156 Å². The monoisotopic (exact) mass is 386 g/mol. The highest BCUT2D eigenvalue weighted by atomic mass is 16.4. The first kappa shape index (κ1) is 24.3. The number of hydrogen-bond donors (Lipinski definition) is 5. The summed E-state index contributed by atoms with van der Waals surface area (Å²) in [6.07, 6.45) is -5.45. The van der Waals surface area contributed by atoms with Crippen molar-refractivity contribution in [1.82, 2.24) is 4.90 Å². The first-order valence-electron chi connectivity index (χ1n) is 8.02. The van der Waals surface area contributed by atoms with Gasteiger partial charge >= 0.3 is 18.0 Å². The molecule has 5 N–H and O–H groups in total. The van der Waals surface area contributed by atoms with Gasteiger partial charge in [-0.15, -0.1) is 0 Å². The fourth-order valence-electron chi connectivity index (χ4n) is 1.95. The van der Waals surface area contributed by atoms with Crippen LogP contribution in [-0.4, -0.2) is 81.3 Å². The molecule has 0 aliphatic rings. The van der Waals surface area contributed by atoms with Crippen LogP contribution in [0.1, 0.15) is 25.5 Å². The lowest BCUT2D eigenvalue weighted by atomic mass is 10.1. The first-order chi connectivity index (χ1) is 12.4. The van der Waals surface area contributed by atoms with E-state index in [0.717, 1.165) is 11.3 Å². The van der Waals surface area contributed by atoms with E-state index in [1.165, 1.54) is 4.90 Å². The Morgan fingerprint density at radius 3 is 1.81 bits per heavy atom. The van der Waals surface area contributed by atoms with Crippen LogP contribution in [0.3, 0.4) is 0 Å². The number of nitrogens with zero attached hydrogens (tertiary/aromatic N) is 2. The number of amides is 1. The van der Waals surface area contributed by atoms with Crippen molar-refractivity contribution in [1.29, 1.82) is 0 Å². The quantitative estimate of drug-likeness (QED) is 0.454. The highest BCUT2D eigenvalue weighted by molar-refractivity contribution is 5.86. The molecule has 0 aliphatic carbocycles. The van der Waals surface area contributed by atoms with E-state index in [2.05, 4.69) is 11.8 Å². The van der Waals surface area contributed by atoms with Gasteiger partial charge in [-0.05, 0) is 45.6 Å². The van der Waals surface area contributed by atoms with E-state index in [0.29, 0.717) is 6.54 Å². The second-order valence-electron chi connectivity index (χ2n) is 5.83. The number of aliphatic hydroxyl groups is 2. The minimum Gasteiger partial charge on any atom is -0.479 e. The molecular weight excluding hydrogens is 360 g/mol. The molecule has 1 rings (SSSR count). The van der Waals surface area contributed by atoms with Crippen LogP contribution in [0.5, 0.6) is 0 Å². The molecule has 2 unspecified atom stereocenters. The molecule has 3 atom stereocenters. The van der Waals surface area contributed by atoms with Crippen LogP contribution in [-0.2, 0) is 9.59 Å². The number of hydrogen-bond acceptors (Lipinski definition) is 6. The Morgan fingerprint density at radius 2 is 1.48 bits per heavy atom. The predicted molar refractivity (Wildman–Crippen MR) is 96.9 cm³/mol. The van der Waals surface area contributed by atoms with E-state index in [9.17, 15) is 14.4 Å². The molecule has 0 spiro atoms. The van der Waals surface area contributed by atoms with Gasteiger partial charge in [0.2, 0.25) is 0 Å². The van der Waals surface area contributed by atoms with Gasteiger partial charge in [0.05, 0.1) is 0 Å². The number of rotatable bonds is 7. The van der Waals surface area contributed by atoms with Crippen LogP contribution < -0.4 is 4.90 Å². The Morgan fingerprint density at radius 1 is 1.00 bits per heavy atom. The highest BCUT2D eigenvalue weighted by Gasteiger charge is 2.29. The lowest BCUT2D eigenvalue weighted by Crippen LogP contribution is -2.39. The standard InChI is InChI=1S/C13H20N2O2.C4H6O6/c1-5-15(13(16)17)12-8-6-7-11(9-12)10(2)14(3)4;5-1(3(7)8)2(6)4(9)10/h6-10H,5H2,1-4H3,(H,16,17);1-2,5-6H,(H,7,8)(H,9,10)/t10-;/m0./s1. The van der Waals surface area contributed by atoms with Gasteiger partial charge in [-0.2, -0.15) is 0 Å². The number of aliphatic hydroxyl groups excluding tert-OH is 2. The van der Waals surface area contributed by atoms with Gasteiger partial charge in [-0.25, -0.2) is 14.4 Å². The number of anilines is 1. The summed E-state index contributed by atoms with van der Waals surface area (Å²) in [7, 11) is 4.01. The number of benzene rings is 1. The maximum Gasteiger partial charge on any atom is 0.411 e. The van der Waals surface area contributed by atoms with E-state index >= 15 is 0 Å². The third kappa shape index (κ3) is 7.60. The SMILES string of the molecule is CCN(C(=O)O)c1cccc([C@H](C)N(C)C)c1.O=C(O)C(O)C(O)C(=O)O. The normalized spacial score (nSPS) is 13.7. The molecule has 1 aromatic rings. The molecule has 0 bridgehead atoms. The van der Waals surface area contributed by atoms with E-state index in [1.54, 1.807) is 0 Å². The van der Waals surface area contributed by atoms with Crippen LogP contribution in [0, 0.1) is 0 Å². The van der Waals surface area contributed by atoms with Gasteiger partial charge in [0.15, 0.2) is 12.2 Å². The van der Waals surface area contributed by atoms with Crippen LogP contribution in [0.15, 0.2) is 24.3 Å². The zero-order chi connectivity index (χ0) is 21.3. The van der Waals surface area contributed by atoms with Gasteiger partial charge < -0.3 is 30.4 Å². The summed E-state index contributed by atoms with van der Waals surface area (Å²) in [6, 6.07) is 7.94. The largest absolute Gasteiger partial charge is 0.479 e. The fraction of sp³-hybridized carbons (Fsp3) is 0.471. The molecule has 1 amide bonds. The molecule has 0 aliphatic heterocycles. The lowest BCUT2D eigenvalue weighted by molar-refractivity contribution is -0.165. The summed E-state index contributed by atoms with van der Waals surface area (Å²) in [6.45, 7) is 4.38. The molecule has 0 saturated heterocycles. The van der Waals surface area contributed by atoms with Gasteiger partial charge in [-0.1, -0.05) is 12.1 Å². The summed E-state index contributed by atoms with van der Waals surface area (Å²) in [5, 5.41) is 41.6. The van der Waals surface area contributed by atoms with Crippen LogP contribution in [0.2, 0.25) is 0 Å². The Kier molecular flexibility index (Phi) is 10.0. The number of carbonyl (C=O) groups is 3. The zero-order valence-electron chi connectivity index (χ0n) is 15.6. The molecule has 152 valence electrons. The second kappa shape index (κ2) is 11.1. The summed E-state index contributed by atoms with van der Waals surface area (Å²) in [4.78, 5) is 34.0. The summed E-state index contributed by atoms with van der Waals surface area (Å²) < 4.78 is 0. The van der Waals surface area contributed by atoms with Crippen LogP contribution in [0.25, 0.3) is 0 Å². The third-order valence-electron chi connectivity index (χ3n) is 3.79. The van der Waals surface area contributed by atoms with E-state index < -0.39 is 30.2 Å². The van der Waals surface area contributed by atoms with Crippen molar-refractivity contribution >= 4 is 23.7 Å². The van der Waals surface area contributed by atoms with Crippen molar-refractivity contribution in [3.63, 3.8) is 0 Å². The summed E-state index contributed by atoms with van der Waals surface area (Å²) in [5.74, 6) is -3.54. The minimum atomic E-state index is -2.27. The molecule has 0 fully saturated rings. The fourth-order valence-corrected chi connectivity index (χ4v) is 1.95. The van der Waals surface area contributed by atoms with Crippen molar-refractivity contribution in [3.8, 4) is 0 Å². The predicted octanol–water partition coefficient (Wildman–Crippen LogP) is 0.691. The van der Waals surface area contributed by atoms with E-state index in [-0.39, 0.29) is 6.04 Å². The summed E-state index contributed by atoms with van der Waals surface area (Å²) in [5.41, 5.74) is 1.85. The highest BCUT2D eigenvalue weighted by Crippen LogP contribution is 2.23. The topological polar surface area (TPSA) is 159 Å². The number of carboxylic acid groups (broad SMARTS) is 3. The van der Waals surface area contributed by atoms with Crippen molar-refractivity contribution in [2.45, 2.75) is 32.1 Å². The van der Waals surface area contributed by atoms with Gasteiger partial charge in [0.1, 0.15) is 0 Å². The molecule has 0 heterocycles. The van der Waals surface area contributed by atoms with Gasteiger partial charge in [0.25, 0.3) is 0 Å². The number of carboxylic acids is 2. The molecule has 0 aromatic heterocycles. The van der Waals surface area contributed by atoms with E-state index in [4.69, 9.17) is 25.5 Å². The van der Waals surface area contributed by atoms with E-state index in [1.807, 2.05) is 45.3 Å². The Hall–Kier alpha value is -2.69. The summed E-state index contributed by atoms with van der Waals surface area (Å²) >= 11 is 0. The van der Waals surface area contributed by atoms with Gasteiger partial charge in [-0.3, -0.25) is 4.90 Å². The van der Waals surface area contributed by atoms with Crippen molar-refractivity contribution < 1.29 is 39.9 Å². The zero-order valence-corrected chi connectivity index (χ0v) is 15.6. The maximum atomic E-state index is 11.1. The van der Waals surface area contributed by atoms with Gasteiger partial charge in [0, 0.05) is 18.3 Å². The molecule has 10 heteroatoms. The Balaban J connectivity index is 0.000000580. The molecule has 10 nitrogen and oxygen atoms in total. The molecular formula is C17H26N2O8.